The van der Waals surface area contributed by atoms with Crippen molar-refractivity contribution >= 4 is 23.7 Å². The first-order valence-electron chi connectivity index (χ1n) is 7.54. The maximum absolute atomic E-state index is 4.45. The van der Waals surface area contributed by atoms with Crippen LogP contribution in [0.25, 0.3) is 6.08 Å². The van der Waals surface area contributed by atoms with Crippen molar-refractivity contribution in [3.05, 3.63) is 96.2 Å². The quantitative estimate of drug-likeness (QED) is 0.670. The van der Waals surface area contributed by atoms with Crippen LogP contribution >= 0.6 is 0 Å². The fraction of sp³-hybridized carbons (Fsp3) is 0.0500. The second-order valence-electron chi connectivity index (χ2n) is 5.36. The summed E-state index contributed by atoms with van der Waals surface area (Å²) in [6.07, 6.45) is 3.96. The molecule has 0 saturated carbocycles. The highest BCUT2D eigenvalue weighted by molar-refractivity contribution is 6.89. The van der Waals surface area contributed by atoms with Crippen LogP contribution in [0.4, 0.5) is 0 Å². The van der Waals surface area contributed by atoms with Gasteiger partial charge in [-0.05, 0) is 24.6 Å². The van der Waals surface area contributed by atoms with Crippen molar-refractivity contribution < 1.29 is 0 Å². The number of aromatic nitrogens is 1. The summed E-state index contributed by atoms with van der Waals surface area (Å²) < 4.78 is 0. The van der Waals surface area contributed by atoms with Crippen molar-refractivity contribution in [2.75, 3.05) is 0 Å². The molecule has 0 aliphatic rings. The lowest BCUT2D eigenvalue weighted by Crippen LogP contribution is -2.40. The summed E-state index contributed by atoms with van der Waals surface area (Å²) in [6, 6.07) is 25.2. The number of nitrogens with zero attached hydrogens (tertiary/aromatic N) is 1. The van der Waals surface area contributed by atoms with Crippen molar-refractivity contribution in [3.63, 3.8) is 0 Å². The topological polar surface area (TPSA) is 12.9 Å². The molecule has 0 atom stereocenters. The van der Waals surface area contributed by atoms with E-state index in [9.17, 15) is 0 Å². The molecule has 1 nitrogen and oxygen atoms in total. The fourth-order valence-corrected chi connectivity index (χ4v) is 2.60. The van der Waals surface area contributed by atoms with E-state index in [0.29, 0.717) is 0 Å². The first-order valence-corrected chi connectivity index (χ1v) is 7.54. The fourth-order valence-electron chi connectivity index (χ4n) is 2.60. The van der Waals surface area contributed by atoms with E-state index in [4.69, 9.17) is 0 Å². The molecular formula is C20H18BN. The highest BCUT2D eigenvalue weighted by Crippen LogP contribution is 2.06. The van der Waals surface area contributed by atoms with Gasteiger partial charge >= 0.3 is 0 Å². The summed E-state index contributed by atoms with van der Waals surface area (Å²) in [5, 5.41) is 0. The molecule has 0 unspecified atom stereocenters. The molecule has 0 aliphatic heterocycles. The van der Waals surface area contributed by atoms with Crippen LogP contribution in [-0.4, -0.2) is 11.7 Å². The van der Waals surface area contributed by atoms with E-state index in [1.807, 2.05) is 12.3 Å². The van der Waals surface area contributed by atoms with Crippen LogP contribution in [0.2, 0.25) is 0 Å². The zero-order valence-electron chi connectivity index (χ0n) is 12.7. The van der Waals surface area contributed by atoms with Gasteiger partial charge in [0, 0.05) is 6.20 Å². The number of rotatable bonds is 4. The second-order valence-corrected chi connectivity index (χ2v) is 5.36. The first-order chi connectivity index (χ1) is 10.8. The summed E-state index contributed by atoms with van der Waals surface area (Å²) in [5.74, 6) is 2.24. The largest absolute Gasteiger partial charge is 0.257 e. The van der Waals surface area contributed by atoms with Gasteiger partial charge < -0.3 is 0 Å². The minimum Gasteiger partial charge on any atom is -0.257 e. The maximum Gasteiger partial charge on any atom is 0.233 e. The van der Waals surface area contributed by atoms with Crippen molar-refractivity contribution in [2.24, 2.45) is 0 Å². The van der Waals surface area contributed by atoms with Gasteiger partial charge in [0.05, 0.1) is 5.69 Å². The molecule has 0 spiro atoms. The summed E-state index contributed by atoms with van der Waals surface area (Å²) in [7, 11) is 0. The minimum atomic E-state index is 0.240. The lowest BCUT2D eigenvalue weighted by Gasteiger charge is -2.10. The highest BCUT2D eigenvalue weighted by atomic mass is 14.7. The van der Waals surface area contributed by atoms with Crippen molar-refractivity contribution in [1.29, 1.82) is 0 Å². The van der Waals surface area contributed by atoms with E-state index in [0.717, 1.165) is 5.69 Å². The highest BCUT2D eigenvalue weighted by Gasteiger charge is 2.15. The average Bonchev–Trinajstić information content (AvgIpc) is 2.59. The molecule has 2 aromatic carbocycles. The zero-order chi connectivity index (χ0) is 15.2. The number of aryl methyl sites for hydroxylation is 1. The molecule has 3 rings (SSSR count). The standard InChI is InChI=1S/C20H18BN/c1-17-9-8-16-22-20(17)14-15-21(18-10-4-2-5-11-18)19-12-6-3-7-13-19/h2-16H,1H3. The molecule has 0 aliphatic carbocycles. The monoisotopic (exact) mass is 283 g/mol. The Hall–Kier alpha value is -2.61. The Kier molecular flexibility index (Phi) is 4.50. The van der Waals surface area contributed by atoms with Gasteiger partial charge in [-0.2, -0.15) is 0 Å². The molecule has 0 saturated heterocycles. The van der Waals surface area contributed by atoms with Crippen LogP contribution in [-0.2, 0) is 0 Å². The summed E-state index contributed by atoms with van der Waals surface area (Å²) in [4.78, 5) is 4.45. The van der Waals surface area contributed by atoms with Crippen molar-refractivity contribution in [2.45, 2.75) is 6.92 Å². The molecule has 0 bridgehead atoms. The lowest BCUT2D eigenvalue weighted by molar-refractivity contribution is 1.24. The number of pyridine rings is 1. The average molecular weight is 283 g/mol. The maximum atomic E-state index is 4.45. The Morgan fingerprint density at radius 2 is 1.36 bits per heavy atom. The van der Waals surface area contributed by atoms with Crippen LogP contribution in [0.3, 0.4) is 0 Å². The van der Waals surface area contributed by atoms with E-state index in [1.54, 1.807) is 0 Å². The number of hydrogen-bond donors (Lipinski definition) is 0. The Bertz CT molecular complexity index is 711. The molecule has 1 heterocycles. The third-order valence-corrected chi connectivity index (χ3v) is 3.81. The van der Waals surface area contributed by atoms with Gasteiger partial charge in [0.1, 0.15) is 0 Å². The summed E-state index contributed by atoms with van der Waals surface area (Å²) >= 11 is 0. The number of benzene rings is 2. The van der Waals surface area contributed by atoms with Gasteiger partial charge in [-0.3, -0.25) is 4.98 Å². The predicted molar refractivity (Wildman–Crippen MR) is 95.9 cm³/mol. The SMILES string of the molecule is Cc1cccnc1C=CB(c1ccccc1)c1ccccc1. The van der Waals surface area contributed by atoms with Gasteiger partial charge in [-0.25, -0.2) is 0 Å². The predicted octanol–water partition coefficient (Wildman–Crippen LogP) is 3.25. The zero-order valence-corrected chi connectivity index (χ0v) is 12.7. The summed E-state index contributed by atoms with van der Waals surface area (Å²) in [5.41, 5.74) is 4.80. The molecular weight excluding hydrogens is 265 g/mol. The van der Waals surface area contributed by atoms with Gasteiger partial charge in [0.2, 0.25) is 6.71 Å². The molecule has 2 heteroatoms. The minimum absolute atomic E-state index is 0.240. The molecule has 22 heavy (non-hydrogen) atoms. The molecule has 1 aromatic heterocycles. The second kappa shape index (κ2) is 6.90. The Balaban J connectivity index is 1.98. The molecule has 0 amide bonds. The van der Waals surface area contributed by atoms with Crippen LogP contribution in [0.15, 0.2) is 85.0 Å². The van der Waals surface area contributed by atoms with Crippen LogP contribution in [0.5, 0.6) is 0 Å². The molecule has 0 radical (unpaired) electrons. The Labute approximate surface area is 132 Å². The van der Waals surface area contributed by atoms with Crippen molar-refractivity contribution in [3.8, 4) is 0 Å². The summed E-state index contributed by atoms with van der Waals surface area (Å²) in [6.45, 7) is 2.33. The Morgan fingerprint density at radius 1 is 0.773 bits per heavy atom. The van der Waals surface area contributed by atoms with E-state index in [-0.39, 0.29) is 6.71 Å². The third kappa shape index (κ3) is 3.34. The van der Waals surface area contributed by atoms with E-state index >= 15 is 0 Å². The van der Waals surface area contributed by atoms with Gasteiger partial charge in [-0.1, -0.05) is 77.7 Å². The number of hydrogen-bond acceptors (Lipinski definition) is 1. The molecule has 106 valence electrons. The third-order valence-electron chi connectivity index (χ3n) is 3.81. The van der Waals surface area contributed by atoms with Crippen LogP contribution < -0.4 is 10.9 Å². The van der Waals surface area contributed by atoms with Gasteiger partial charge in [0.15, 0.2) is 0 Å². The molecule has 3 aromatic rings. The van der Waals surface area contributed by atoms with E-state index < -0.39 is 0 Å². The van der Waals surface area contributed by atoms with E-state index in [2.05, 4.69) is 90.7 Å². The lowest BCUT2D eigenvalue weighted by atomic mass is 9.40. The van der Waals surface area contributed by atoms with Gasteiger partial charge in [0.25, 0.3) is 0 Å². The normalized spacial score (nSPS) is 10.8. The first kappa shape index (κ1) is 14.3. The van der Waals surface area contributed by atoms with Crippen LogP contribution in [0, 0.1) is 6.92 Å². The molecule has 0 fully saturated rings. The Morgan fingerprint density at radius 3 is 1.91 bits per heavy atom. The smallest absolute Gasteiger partial charge is 0.233 e. The van der Waals surface area contributed by atoms with Crippen molar-refractivity contribution in [1.82, 2.24) is 4.98 Å². The van der Waals surface area contributed by atoms with Gasteiger partial charge in [-0.15, -0.1) is 5.98 Å². The van der Waals surface area contributed by atoms with E-state index in [1.165, 1.54) is 16.5 Å². The van der Waals surface area contributed by atoms with Crippen LogP contribution in [0.1, 0.15) is 11.3 Å². The molecule has 0 N–H and O–H groups in total.